The van der Waals surface area contributed by atoms with Crippen LogP contribution in [0.4, 0.5) is 5.69 Å². The van der Waals surface area contributed by atoms with Gasteiger partial charge >= 0.3 is 0 Å². The average Bonchev–Trinajstić information content (AvgIpc) is 2.83. The number of amides is 1. The quantitative estimate of drug-likeness (QED) is 0.798. The zero-order valence-corrected chi connectivity index (χ0v) is 17.4. The number of anilines is 1. The number of sulfonamides is 1. The minimum absolute atomic E-state index is 0.132. The first-order valence-electron chi connectivity index (χ1n) is 8.80. The van der Waals surface area contributed by atoms with Crippen molar-refractivity contribution in [2.75, 3.05) is 5.32 Å². The van der Waals surface area contributed by atoms with E-state index in [0.29, 0.717) is 28.4 Å². The lowest BCUT2D eigenvalue weighted by molar-refractivity contribution is -0.121. The Kier molecular flexibility index (Phi) is 5.36. The predicted octanol–water partition coefficient (Wildman–Crippen LogP) is 3.00. The molecule has 2 atom stereocenters. The number of aliphatic imine (C=N–C) groups is 1. The second-order valence-electron chi connectivity index (χ2n) is 7.70. The summed E-state index contributed by atoms with van der Waals surface area (Å²) in [6.07, 6.45) is 0.568. The van der Waals surface area contributed by atoms with E-state index in [4.69, 9.17) is 0 Å². The molecule has 0 aliphatic carbocycles. The molecule has 0 aromatic heterocycles. The molecule has 0 radical (unpaired) electrons. The molecular weight excluding hydrogens is 384 g/mol. The molecule has 1 amide bonds. The summed E-state index contributed by atoms with van der Waals surface area (Å²) in [5.74, 6) is 0.216. The van der Waals surface area contributed by atoms with Crippen molar-refractivity contribution in [2.24, 2.45) is 14.8 Å². The van der Waals surface area contributed by atoms with Crippen molar-refractivity contribution in [2.45, 2.75) is 56.7 Å². The average molecular weight is 409 g/mol. The van der Waals surface area contributed by atoms with Gasteiger partial charge in [-0.1, -0.05) is 44.7 Å². The van der Waals surface area contributed by atoms with Crippen LogP contribution in [0, 0.1) is 5.41 Å². The van der Waals surface area contributed by atoms with Gasteiger partial charge in [-0.3, -0.25) is 9.79 Å². The number of carbonyl (C=O) groups excluding carboxylic acids is 1. The molecule has 2 N–H and O–H groups in total. The number of nitrogens with one attached hydrogen (secondary N) is 2. The summed E-state index contributed by atoms with van der Waals surface area (Å²) in [5, 5.41) is 6.94. The normalized spacial score (nSPS) is 23.7. The highest BCUT2D eigenvalue weighted by Crippen LogP contribution is 2.32. The third-order valence-electron chi connectivity index (χ3n) is 4.50. The van der Waals surface area contributed by atoms with Crippen LogP contribution in [-0.2, 0) is 14.8 Å². The summed E-state index contributed by atoms with van der Waals surface area (Å²) < 4.78 is 28.6. The molecule has 7 nitrogen and oxygen atoms in total. The zero-order chi connectivity index (χ0) is 19.8. The van der Waals surface area contributed by atoms with Crippen LogP contribution in [0.5, 0.6) is 0 Å². The maximum Gasteiger partial charge on any atom is 0.286 e. The van der Waals surface area contributed by atoms with E-state index in [2.05, 4.69) is 26.9 Å². The maximum atomic E-state index is 12.4. The minimum atomic E-state index is -3.72. The van der Waals surface area contributed by atoms with Crippen molar-refractivity contribution in [3.63, 3.8) is 0 Å². The van der Waals surface area contributed by atoms with Gasteiger partial charge in [0.25, 0.3) is 10.0 Å². The van der Waals surface area contributed by atoms with Gasteiger partial charge < -0.3 is 10.6 Å². The van der Waals surface area contributed by atoms with E-state index in [1.807, 2.05) is 20.8 Å². The fourth-order valence-corrected chi connectivity index (χ4v) is 5.17. The monoisotopic (exact) mass is 408 g/mol. The summed E-state index contributed by atoms with van der Waals surface area (Å²) in [4.78, 5) is 17.0. The number of amidine groups is 2. The molecule has 3 rings (SSSR count). The third-order valence-corrected chi connectivity index (χ3v) is 7.07. The Morgan fingerprint density at radius 2 is 2.00 bits per heavy atom. The Bertz CT molecular complexity index is 922. The smallest absolute Gasteiger partial charge is 0.286 e. The van der Waals surface area contributed by atoms with Gasteiger partial charge in [-0.05, 0) is 24.5 Å². The van der Waals surface area contributed by atoms with Gasteiger partial charge in [-0.15, -0.1) is 4.40 Å². The van der Waals surface area contributed by atoms with Crippen LogP contribution >= 0.6 is 11.8 Å². The van der Waals surface area contributed by atoms with Gasteiger partial charge in [0.15, 0.2) is 5.17 Å². The van der Waals surface area contributed by atoms with Crippen LogP contribution in [0.15, 0.2) is 38.6 Å². The summed E-state index contributed by atoms with van der Waals surface area (Å²) in [5.41, 5.74) is 0.0427. The topological polar surface area (TPSA) is 100.0 Å². The summed E-state index contributed by atoms with van der Waals surface area (Å²) in [6.45, 7) is 7.93. The molecule has 0 bridgehead atoms. The Hall–Kier alpha value is -1.87. The highest BCUT2D eigenvalue weighted by molar-refractivity contribution is 8.14. The highest BCUT2D eigenvalue weighted by atomic mass is 32.2. The zero-order valence-electron chi connectivity index (χ0n) is 15.8. The fourth-order valence-electron chi connectivity index (χ4n) is 3.01. The molecule has 2 aliphatic heterocycles. The molecule has 1 aromatic carbocycles. The molecule has 0 fully saturated rings. The van der Waals surface area contributed by atoms with Crippen LogP contribution in [0.3, 0.4) is 0 Å². The van der Waals surface area contributed by atoms with Gasteiger partial charge in [-0.2, -0.15) is 8.42 Å². The predicted molar refractivity (Wildman–Crippen MR) is 110 cm³/mol. The molecule has 1 aromatic rings. The van der Waals surface area contributed by atoms with Crippen LogP contribution in [0.1, 0.15) is 40.5 Å². The second-order valence-corrected chi connectivity index (χ2v) is 10.6. The van der Waals surface area contributed by atoms with Crippen molar-refractivity contribution in [1.29, 1.82) is 0 Å². The number of hydrogen-bond donors (Lipinski definition) is 2. The molecule has 0 spiro atoms. The first kappa shape index (κ1) is 19.9. The molecule has 9 heteroatoms. The van der Waals surface area contributed by atoms with Crippen LogP contribution in [-0.4, -0.2) is 36.6 Å². The lowest BCUT2D eigenvalue weighted by atomic mass is 9.84. The van der Waals surface area contributed by atoms with Gasteiger partial charge in [0.1, 0.15) is 10.7 Å². The number of thioether (sulfide) groups is 1. The third kappa shape index (κ3) is 4.70. The Balaban J connectivity index is 1.66. The van der Waals surface area contributed by atoms with Crippen molar-refractivity contribution < 1.29 is 13.2 Å². The lowest BCUT2D eigenvalue weighted by Gasteiger charge is -2.27. The Morgan fingerprint density at radius 1 is 1.30 bits per heavy atom. The highest BCUT2D eigenvalue weighted by Gasteiger charge is 2.31. The first-order chi connectivity index (χ1) is 12.6. The molecule has 2 unspecified atom stereocenters. The number of fused-ring (bicyclic) bond motifs is 1. The summed E-state index contributed by atoms with van der Waals surface area (Å²) in [6, 6.07) is 6.85. The van der Waals surface area contributed by atoms with E-state index in [1.165, 1.54) is 6.07 Å². The molecule has 2 aliphatic rings. The van der Waals surface area contributed by atoms with Gasteiger partial charge in [0, 0.05) is 18.1 Å². The van der Waals surface area contributed by atoms with E-state index in [-0.39, 0.29) is 23.3 Å². The van der Waals surface area contributed by atoms with E-state index in [9.17, 15) is 13.2 Å². The van der Waals surface area contributed by atoms with Crippen molar-refractivity contribution >= 4 is 44.4 Å². The van der Waals surface area contributed by atoms with Gasteiger partial charge in [-0.25, -0.2) is 0 Å². The summed E-state index contributed by atoms with van der Waals surface area (Å²) in [7, 11) is -3.72. The SMILES string of the molecule is CC1N=C(NC(=O)CC(C)(C)CC2=NS(=O)(=O)c3ccccc3N2)SC1C. The minimum Gasteiger partial charge on any atom is -0.342 e. The second kappa shape index (κ2) is 7.27. The largest absolute Gasteiger partial charge is 0.342 e. The van der Waals surface area contributed by atoms with Crippen LogP contribution < -0.4 is 10.6 Å². The van der Waals surface area contributed by atoms with Crippen molar-refractivity contribution in [3.8, 4) is 0 Å². The molecule has 27 heavy (non-hydrogen) atoms. The van der Waals surface area contributed by atoms with Crippen LogP contribution in [0.2, 0.25) is 0 Å². The number of benzene rings is 1. The number of carbonyl (C=O) groups is 1. The molecular formula is C18H24N4O3S2. The number of hydrogen-bond acceptors (Lipinski definition) is 6. The van der Waals surface area contributed by atoms with E-state index in [1.54, 1.807) is 30.0 Å². The lowest BCUT2D eigenvalue weighted by Crippen LogP contribution is -2.34. The number of rotatable bonds is 4. The fraction of sp³-hybridized carbons (Fsp3) is 0.500. The molecule has 0 saturated heterocycles. The summed E-state index contributed by atoms with van der Waals surface area (Å²) >= 11 is 1.56. The van der Waals surface area contributed by atoms with Gasteiger partial charge in [0.2, 0.25) is 5.91 Å². The van der Waals surface area contributed by atoms with E-state index >= 15 is 0 Å². The Morgan fingerprint density at radius 3 is 2.67 bits per heavy atom. The first-order valence-corrected chi connectivity index (χ1v) is 11.1. The standard InChI is InChI=1S/C18H24N4O3S2/c1-11-12(2)26-17(19-11)21-16(23)10-18(3,4)9-15-20-13-7-5-6-8-14(13)27(24,25)22-15/h5-8,11-12H,9-10H2,1-4H3,(H,20,22)(H,19,21,23). The van der Waals surface area contributed by atoms with Crippen LogP contribution in [0.25, 0.3) is 0 Å². The van der Waals surface area contributed by atoms with E-state index in [0.717, 1.165) is 0 Å². The number of nitrogens with zero attached hydrogens (tertiary/aromatic N) is 2. The molecule has 146 valence electrons. The Labute approximate surface area is 164 Å². The maximum absolute atomic E-state index is 12.4. The molecule has 2 heterocycles. The number of para-hydroxylation sites is 1. The van der Waals surface area contributed by atoms with E-state index < -0.39 is 15.4 Å². The van der Waals surface area contributed by atoms with Gasteiger partial charge in [0.05, 0.1) is 11.7 Å². The molecule has 0 saturated carbocycles. The van der Waals surface area contributed by atoms with Crippen molar-refractivity contribution in [3.05, 3.63) is 24.3 Å². The van der Waals surface area contributed by atoms with Crippen molar-refractivity contribution in [1.82, 2.24) is 5.32 Å².